The molecule has 0 saturated heterocycles. The number of rotatable bonds is 2. The Bertz CT molecular complexity index is 320. The summed E-state index contributed by atoms with van der Waals surface area (Å²) in [5, 5.41) is 3.31. The van der Waals surface area contributed by atoms with Crippen molar-refractivity contribution in [1.82, 2.24) is 0 Å². The van der Waals surface area contributed by atoms with Crippen molar-refractivity contribution in [1.29, 1.82) is 0 Å². The fourth-order valence-electron chi connectivity index (χ4n) is 0.331. The maximum absolute atomic E-state index is 12.1. The van der Waals surface area contributed by atoms with Gasteiger partial charge in [-0.2, -0.15) is 21.6 Å². The molecule has 13 heavy (non-hydrogen) atoms. The van der Waals surface area contributed by atoms with E-state index in [1.807, 2.05) is 0 Å². The fraction of sp³-hybridized carbons (Fsp3) is 1.00. The summed E-state index contributed by atoms with van der Waals surface area (Å²) in [6.07, 6.45) is -6.47. The second-order valence-corrected chi connectivity index (χ2v) is 3.17. The first-order valence-corrected chi connectivity index (χ1v) is 3.67. The zero-order chi connectivity index (χ0) is 11.1. The number of alkyl halides is 4. The van der Waals surface area contributed by atoms with Crippen molar-refractivity contribution in [3.05, 3.63) is 10.1 Å². The summed E-state index contributed by atoms with van der Waals surface area (Å²) in [5.41, 5.74) is 0. The molecule has 11 heteroatoms. The Morgan fingerprint density at radius 1 is 1.15 bits per heavy atom. The van der Waals surface area contributed by atoms with Crippen LogP contribution in [-0.2, 0) is 10.2 Å². The molecular formula is C2F5NO4S. The zero-order valence-corrected chi connectivity index (χ0v) is 6.19. The Balaban J connectivity index is 5.64. The van der Waals surface area contributed by atoms with Gasteiger partial charge in [0.05, 0.1) is 4.92 Å². The number of nitrogens with zero attached hydrogens (tertiary/aromatic N) is 1. The highest BCUT2D eigenvalue weighted by molar-refractivity contribution is 7.87. The second-order valence-electron chi connectivity index (χ2n) is 1.75. The van der Waals surface area contributed by atoms with Gasteiger partial charge in [-0.25, -0.2) is 0 Å². The lowest BCUT2D eigenvalue weighted by molar-refractivity contribution is -0.616. The van der Waals surface area contributed by atoms with Gasteiger partial charge < -0.3 is 0 Å². The summed E-state index contributed by atoms with van der Waals surface area (Å²) in [7, 11) is -7.01. The molecule has 0 rings (SSSR count). The van der Waals surface area contributed by atoms with E-state index < -0.39 is 26.4 Å². The molecule has 0 fully saturated rings. The van der Waals surface area contributed by atoms with Crippen LogP contribution in [0.3, 0.4) is 0 Å². The number of hydrogen-bond acceptors (Lipinski definition) is 4. The molecule has 0 aromatic carbocycles. The molecule has 0 bridgehead atoms. The molecule has 0 N–H and O–H groups in total. The van der Waals surface area contributed by atoms with E-state index in [1.165, 1.54) is 0 Å². The van der Waals surface area contributed by atoms with Crippen LogP contribution in [0.1, 0.15) is 0 Å². The van der Waals surface area contributed by atoms with E-state index in [2.05, 4.69) is 0 Å². The van der Waals surface area contributed by atoms with Crippen LogP contribution in [0.25, 0.3) is 0 Å². The largest absolute Gasteiger partial charge is 0.581 e. The summed E-state index contributed by atoms with van der Waals surface area (Å²) in [6.45, 7) is 0. The van der Waals surface area contributed by atoms with Crippen LogP contribution in [0.2, 0.25) is 0 Å². The van der Waals surface area contributed by atoms with Crippen molar-refractivity contribution in [2.45, 2.75) is 11.3 Å². The molecule has 0 radical (unpaired) electrons. The van der Waals surface area contributed by atoms with Crippen molar-refractivity contribution >= 4 is 10.2 Å². The quantitative estimate of drug-likeness (QED) is 0.230. The van der Waals surface area contributed by atoms with Gasteiger partial charge in [-0.15, -0.1) is 4.39 Å². The Kier molecular flexibility index (Phi) is 2.54. The number of nitro groups is 1. The zero-order valence-electron chi connectivity index (χ0n) is 5.38. The predicted molar refractivity (Wildman–Crippen MR) is 26.9 cm³/mol. The van der Waals surface area contributed by atoms with E-state index in [4.69, 9.17) is 0 Å². The summed E-state index contributed by atoms with van der Waals surface area (Å²) in [4.78, 5) is 6.51. The molecule has 0 aliphatic heterocycles. The van der Waals surface area contributed by atoms with Crippen molar-refractivity contribution in [3.63, 3.8) is 0 Å². The van der Waals surface area contributed by atoms with E-state index in [9.17, 15) is 40.0 Å². The molecule has 0 amide bonds. The maximum Gasteiger partial charge on any atom is 0.581 e. The molecule has 0 aliphatic carbocycles. The average molecular weight is 229 g/mol. The van der Waals surface area contributed by atoms with E-state index in [0.29, 0.717) is 0 Å². The van der Waals surface area contributed by atoms with Gasteiger partial charge in [0.15, 0.2) is 0 Å². The van der Waals surface area contributed by atoms with E-state index in [0.717, 1.165) is 0 Å². The molecule has 0 aliphatic rings. The van der Waals surface area contributed by atoms with E-state index in [1.54, 1.807) is 0 Å². The number of hydrogen-bond donors (Lipinski definition) is 0. The lowest BCUT2D eigenvalue weighted by Crippen LogP contribution is -2.52. The normalized spacial score (nSPS) is 17.9. The first kappa shape index (κ1) is 12.0. The van der Waals surface area contributed by atoms with Gasteiger partial charge in [0, 0.05) is 0 Å². The topological polar surface area (TPSA) is 77.3 Å². The predicted octanol–water partition coefficient (Wildman–Crippen LogP) is 0.748. The fourth-order valence-corrected chi connectivity index (χ4v) is 0.785. The van der Waals surface area contributed by atoms with Crippen molar-refractivity contribution in [2.75, 3.05) is 0 Å². The minimum absolute atomic E-state index is 2.90. The first-order valence-electron chi connectivity index (χ1n) is 2.29. The Hall–Kier alpha value is -1.00. The van der Waals surface area contributed by atoms with Crippen LogP contribution >= 0.6 is 0 Å². The summed E-state index contributed by atoms with van der Waals surface area (Å²) < 4.78 is 77.1. The monoisotopic (exact) mass is 229 g/mol. The lowest BCUT2D eigenvalue weighted by Gasteiger charge is -2.14. The van der Waals surface area contributed by atoms with Crippen molar-refractivity contribution < 1.29 is 34.8 Å². The summed E-state index contributed by atoms with van der Waals surface area (Å²) >= 11 is 0. The molecule has 0 aromatic rings. The van der Waals surface area contributed by atoms with Gasteiger partial charge in [-0.1, -0.05) is 3.89 Å². The molecule has 0 spiro atoms. The van der Waals surface area contributed by atoms with Crippen molar-refractivity contribution in [2.24, 2.45) is 0 Å². The lowest BCUT2D eigenvalue weighted by atomic mass is 10.6. The smallest absolute Gasteiger partial charge is 0.260 e. The molecular weight excluding hydrogens is 229 g/mol. The van der Waals surface area contributed by atoms with E-state index in [-0.39, 0.29) is 0 Å². The standard InChI is InChI=1S/C2F5NO4S/c3-1(4,5)2(6,8(9)10)13(7,11)12. The minimum atomic E-state index is -7.01. The van der Waals surface area contributed by atoms with Crippen LogP contribution in [0.4, 0.5) is 21.4 Å². The highest BCUT2D eigenvalue weighted by atomic mass is 32.3. The third kappa shape index (κ3) is 1.68. The molecule has 0 aromatic heterocycles. The van der Waals surface area contributed by atoms with Gasteiger partial charge in [0.1, 0.15) is 0 Å². The third-order valence-electron chi connectivity index (χ3n) is 0.908. The Morgan fingerprint density at radius 3 is 1.46 bits per heavy atom. The molecule has 1 atom stereocenters. The summed E-state index contributed by atoms with van der Waals surface area (Å²) in [6, 6.07) is 0. The van der Waals surface area contributed by atoms with Gasteiger partial charge in [0.25, 0.3) is 0 Å². The van der Waals surface area contributed by atoms with Crippen molar-refractivity contribution in [3.8, 4) is 0 Å². The maximum atomic E-state index is 12.1. The average Bonchev–Trinajstić information content (AvgIpc) is 1.80. The van der Waals surface area contributed by atoms with Crippen LogP contribution in [0.15, 0.2) is 0 Å². The first-order chi connectivity index (χ1) is 5.44. The summed E-state index contributed by atoms with van der Waals surface area (Å²) in [5.74, 6) is 0. The SMILES string of the molecule is O=[N+]([O-])C(F)(C(F)(F)F)S(=O)(=O)F. The van der Waals surface area contributed by atoms with Crippen LogP contribution in [-0.4, -0.2) is 24.6 Å². The molecule has 78 valence electrons. The van der Waals surface area contributed by atoms with Crippen LogP contribution in [0.5, 0.6) is 0 Å². The Morgan fingerprint density at radius 2 is 1.46 bits per heavy atom. The molecule has 0 saturated carbocycles. The molecule has 5 nitrogen and oxygen atoms in total. The second kappa shape index (κ2) is 2.75. The highest BCUT2D eigenvalue weighted by Gasteiger charge is 2.78. The molecule has 0 heterocycles. The highest BCUT2D eigenvalue weighted by Crippen LogP contribution is 2.39. The number of halogens is 5. The third-order valence-corrected chi connectivity index (χ3v) is 1.93. The van der Waals surface area contributed by atoms with Gasteiger partial charge in [-0.3, -0.25) is 10.1 Å². The van der Waals surface area contributed by atoms with Crippen LogP contribution < -0.4 is 0 Å². The Labute approximate surface area is 67.5 Å². The van der Waals surface area contributed by atoms with Gasteiger partial charge >= 0.3 is 21.5 Å². The van der Waals surface area contributed by atoms with Crippen LogP contribution in [0, 0.1) is 10.1 Å². The minimum Gasteiger partial charge on any atom is -0.260 e. The van der Waals surface area contributed by atoms with Gasteiger partial charge in [-0.05, 0) is 0 Å². The molecule has 1 unspecified atom stereocenters. The van der Waals surface area contributed by atoms with Gasteiger partial charge in [0.2, 0.25) is 0 Å². The van der Waals surface area contributed by atoms with E-state index >= 15 is 0 Å².